The zero-order chi connectivity index (χ0) is 21.1. The fraction of sp³-hybridized carbons (Fsp3) is 0.333. The van der Waals surface area contributed by atoms with E-state index in [0.29, 0.717) is 17.8 Å². The quantitative estimate of drug-likeness (QED) is 0.576. The standard InChI is InChI=1S/C24H27ClN4O/c1-15-13-18(8-10-21(15)26)27-24-20-14-19(30-2)9-11-22(20)28-23(29-24)12-5-16-3-6-17(25)7-4-16/h3-7,9,11-12,14-15,18,21H,8,10,13,26H2,1-2H3,(H,27,28,29). The molecule has 1 heterocycles. The second-order valence-corrected chi connectivity index (χ2v) is 8.43. The second kappa shape index (κ2) is 9.02. The van der Waals surface area contributed by atoms with E-state index in [2.05, 4.69) is 12.2 Å². The van der Waals surface area contributed by atoms with Gasteiger partial charge in [0.15, 0.2) is 5.82 Å². The molecule has 1 fully saturated rings. The highest BCUT2D eigenvalue weighted by molar-refractivity contribution is 6.30. The Labute approximate surface area is 182 Å². The van der Waals surface area contributed by atoms with Crippen LogP contribution in [0.4, 0.5) is 5.82 Å². The van der Waals surface area contributed by atoms with Crippen molar-refractivity contribution in [2.45, 2.75) is 38.3 Å². The molecule has 0 spiro atoms. The second-order valence-electron chi connectivity index (χ2n) is 7.99. The number of hydrogen-bond donors (Lipinski definition) is 2. The third kappa shape index (κ3) is 4.74. The number of anilines is 1. The van der Waals surface area contributed by atoms with E-state index in [1.165, 1.54) is 0 Å². The summed E-state index contributed by atoms with van der Waals surface area (Å²) in [6.07, 6.45) is 7.02. The Hall–Kier alpha value is -2.63. The van der Waals surface area contributed by atoms with Crippen LogP contribution in [-0.4, -0.2) is 29.2 Å². The molecule has 0 bridgehead atoms. The minimum absolute atomic E-state index is 0.281. The monoisotopic (exact) mass is 422 g/mol. The van der Waals surface area contributed by atoms with Crippen LogP contribution in [0.5, 0.6) is 5.75 Å². The van der Waals surface area contributed by atoms with Gasteiger partial charge in [-0.05, 0) is 67.2 Å². The fourth-order valence-electron chi connectivity index (χ4n) is 3.93. The number of halogens is 1. The Morgan fingerprint density at radius 3 is 2.63 bits per heavy atom. The van der Waals surface area contributed by atoms with Gasteiger partial charge in [-0.2, -0.15) is 0 Å². The molecular formula is C24H27ClN4O. The molecule has 1 aliphatic rings. The van der Waals surface area contributed by atoms with Crippen LogP contribution in [0.2, 0.25) is 5.02 Å². The van der Waals surface area contributed by atoms with Crippen molar-refractivity contribution in [2.24, 2.45) is 11.7 Å². The van der Waals surface area contributed by atoms with Crippen LogP contribution in [0.3, 0.4) is 0 Å². The lowest BCUT2D eigenvalue weighted by Gasteiger charge is -2.32. The van der Waals surface area contributed by atoms with Crippen LogP contribution in [0.25, 0.3) is 23.1 Å². The molecule has 0 aliphatic heterocycles. The fourth-order valence-corrected chi connectivity index (χ4v) is 4.05. The highest BCUT2D eigenvalue weighted by Crippen LogP contribution is 2.30. The zero-order valence-electron chi connectivity index (χ0n) is 17.3. The topological polar surface area (TPSA) is 73.1 Å². The third-order valence-corrected chi connectivity index (χ3v) is 6.04. The van der Waals surface area contributed by atoms with Gasteiger partial charge in [0.05, 0.1) is 12.6 Å². The van der Waals surface area contributed by atoms with E-state index < -0.39 is 0 Å². The van der Waals surface area contributed by atoms with Gasteiger partial charge in [-0.3, -0.25) is 0 Å². The van der Waals surface area contributed by atoms with Crippen molar-refractivity contribution < 1.29 is 4.74 Å². The van der Waals surface area contributed by atoms with Crippen molar-refractivity contribution in [1.82, 2.24) is 9.97 Å². The van der Waals surface area contributed by atoms with Crippen LogP contribution in [-0.2, 0) is 0 Å². The number of benzene rings is 2. The Kier molecular flexibility index (Phi) is 6.21. The molecule has 3 atom stereocenters. The van der Waals surface area contributed by atoms with E-state index in [4.69, 9.17) is 32.0 Å². The number of aromatic nitrogens is 2. The minimum Gasteiger partial charge on any atom is -0.497 e. The Bertz CT molecular complexity index is 1050. The molecule has 1 aromatic heterocycles. The smallest absolute Gasteiger partial charge is 0.154 e. The molecule has 5 nitrogen and oxygen atoms in total. The molecular weight excluding hydrogens is 396 g/mol. The summed E-state index contributed by atoms with van der Waals surface area (Å²) in [5, 5.41) is 5.34. The molecule has 3 unspecified atom stereocenters. The first-order valence-electron chi connectivity index (χ1n) is 10.3. The molecule has 0 saturated heterocycles. The maximum atomic E-state index is 6.20. The summed E-state index contributed by atoms with van der Waals surface area (Å²) in [5.74, 6) is 2.77. The number of hydrogen-bond acceptors (Lipinski definition) is 5. The van der Waals surface area contributed by atoms with E-state index in [9.17, 15) is 0 Å². The molecule has 156 valence electrons. The summed E-state index contributed by atoms with van der Waals surface area (Å²) in [6, 6.07) is 14.2. The Morgan fingerprint density at radius 2 is 1.90 bits per heavy atom. The van der Waals surface area contributed by atoms with Crippen molar-refractivity contribution >= 4 is 40.5 Å². The van der Waals surface area contributed by atoms with Crippen LogP contribution < -0.4 is 15.8 Å². The number of nitrogens with one attached hydrogen (secondary N) is 1. The van der Waals surface area contributed by atoms with Gasteiger partial charge in [-0.1, -0.05) is 36.7 Å². The minimum atomic E-state index is 0.281. The summed E-state index contributed by atoms with van der Waals surface area (Å²) < 4.78 is 5.42. The number of nitrogens with two attached hydrogens (primary N) is 1. The molecule has 3 N–H and O–H groups in total. The maximum Gasteiger partial charge on any atom is 0.154 e. The summed E-state index contributed by atoms with van der Waals surface area (Å²) >= 11 is 5.98. The predicted molar refractivity (Wildman–Crippen MR) is 125 cm³/mol. The molecule has 0 amide bonds. The summed E-state index contributed by atoms with van der Waals surface area (Å²) in [7, 11) is 1.67. The van der Waals surface area contributed by atoms with E-state index in [-0.39, 0.29) is 6.04 Å². The molecule has 4 rings (SSSR count). The summed E-state index contributed by atoms with van der Waals surface area (Å²) in [4.78, 5) is 9.55. The summed E-state index contributed by atoms with van der Waals surface area (Å²) in [6.45, 7) is 2.22. The van der Waals surface area contributed by atoms with Crippen LogP contribution in [0, 0.1) is 5.92 Å². The van der Waals surface area contributed by atoms with E-state index in [0.717, 1.165) is 52.3 Å². The van der Waals surface area contributed by atoms with Gasteiger partial charge >= 0.3 is 0 Å². The van der Waals surface area contributed by atoms with Gasteiger partial charge in [0.1, 0.15) is 11.6 Å². The average molecular weight is 423 g/mol. The normalized spacial score (nSPS) is 21.8. The van der Waals surface area contributed by atoms with Gasteiger partial charge in [0.2, 0.25) is 0 Å². The molecule has 2 aromatic carbocycles. The Morgan fingerprint density at radius 1 is 1.10 bits per heavy atom. The number of fused-ring (bicyclic) bond motifs is 1. The molecule has 1 saturated carbocycles. The number of ether oxygens (including phenoxy) is 1. The predicted octanol–water partition coefficient (Wildman–Crippen LogP) is 5.39. The first-order chi connectivity index (χ1) is 14.5. The van der Waals surface area contributed by atoms with Crippen molar-refractivity contribution in [3.05, 3.63) is 58.9 Å². The van der Waals surface area contributed by atoms with Crippen molar-refractivity contribution in [2.75, 3.05) is 12.4 Å². The molecule has 30 heavy (non-hydrogen) atoms. The Balaban J connectivity index is 1.67. The first-order valence-corrected chi connectivity index (χ1v) is 10.7. The van der Waals surface area contributed by atoms with Crippen molar-refractivity contribution in [1.29, 1.82) is 0 Å². The summed E-state index contributed by atoms with van der Waals surface area (Å²) in [5.41, 5.74) is 8.13. The highest BCUT2D eigenvalue weighted by Gasteiger charge is 2.25. The number of methoxy groups -OCH3 is 1. The van der Waals surface area contributed by atoms with Gasteiger partial charge < -0.3 is 15.8 Å². The van der Waals surface area contributed by atoms with Gasteiger partial charge in [-0.25, -0.2) is 9.97 Å². The molecule has 0 radical (unpaired) electrons. The lowest BCUT2D eigenvalue weighted by Crippen LogP contribution is -2.39. The average Bonchev–Trinajstić information content (AvgIpc) is 2.75. The lowest BCUT2D eigenvalue weighted by molar-refractivity contribution is 0.310. The first kappa shape index (κ1) is 20.6. The third-order valence-electron chi connectivity index (χ3n) is 5.79. The molecule has 3 aromatic rings. The molecule has 1 aliphatic carbocycles. The van der Waals surface area contributed by atoms with Gasteiger partial charge in [0.25, 0.3) is 0 Å². The highest BCUT2D eigenvalue weighted by atomic mass is 35.5. The van der Waals surface area contributed by atoms with Crippen molar-refractivity contribution in [3.63, 3.8) is 0 Å². The lowest BCUT2D eigenvalue weighted by atomic mass is 9.83. The van der Waals surface area contributed by atoms with Gasteiger partial charge in [0, 0.05) is 22.5 Å². The van der Waals surface area contributed by atoms with E-state index in [1.807, 2.05) is 54.6 Å². The maximum absolute atomic E-state index is 6.20. The molecule has 6 heteroatoms. The van der Waals surface area contributed by atoms with Gasteiger partial charge in [-0.15, -0.1) is 0 Å². The number of rotatable bonds is 5. The van der Waals surface area contributed by atoms with Crippen LogP contribution >= 0.6 is 11.6 Å². The van der Waals surface area contributed by atoms with Crippen LogP contribution in [0.1, 0.15) is 37.6 Å². The largest absolute Gasteiger partial charge is 0.497 e. The van der Waals surface area contributed by atoms with E-state index in [1.54, 1.807) is 7.11 Å². The number of nitrogens with zero attached hydrogens (tertiary/aromatic N) is 2. The van der Waals surface area contributed by atoms with Crippen LogP contribution in [0.15, 0.2) is 42.5 Å². The zero-order valence-corrected chi connectivity index (χ0v) is 18.1. The van der Waals surface area contributed by atoms with E-state index >= 15 is 0 Å². The van der Waals surface area contributed by atoms with Crippen molar-refractivity contribution in [3.8, 4) is 5.75 Å². The SMILES string of the molecule is COc1ccc2nc(C=Cc3ccc(Cl)cc3)nc(NC3CCC(N)C(C)C3)c2c1.